The summed E-state index contributed by atoms with van der Waals surface area (Å²) in [6.07, 6.45) is 3.86. The van der Waals surface area contributed by atoms with Gasteiger partial charge in [0.15, 0.2) is 0 Å². The van der Waals surface area contributed by atoms with E-state index in [-0.39, 0.29) is 18.3 Å². The molecule has 1 fully saturated rings. The van der Waals surface area contributed by atoms with Crippen molar-refractivity contribution in [2.45, 2.75) is 44.0 Å². The number of allylic oxidation sites excluding steroid dienone is 1. The van der Waals surface area contributed by atoms with Gasteiger partial charge in [-0.25, -0.2) is 0 Å². The largest absolute Gasteiger partial charge is 0.489 e. The first-order chi connectivity index (χ1) is 11.3. The van der Waals surface area contributed by atoms with E-state index in [1.807, 2.05) is 0 Å². The van der Waals surface area contributed by atoms with E-state index >= 15 is 0 Å². The van der Waals surface area contributed by atoms with Crippen LogP contribution >= 0.6 is 0 Å². The number of hydrogen-bond donors (Lipinski definition) is 0. The maximum atomic E-state index is 6.31. The van der Waals surface area contributed by atoms with Gasteiger partial charge in [-0.3, -0.25) is 0 Å². The first-order valence-electron chi connectivity index (χ1n) is 8.30. The summed E-state index contributed by atoms with van der Waals surface area (Å²) >= 11 is 0. The SMILES string of the molecule is COC[C@H]1O/C(=C2\CCCc3ccccc32)C[C@@H](OC)[C@@H]1OC. The van der Waals surface area contributed by atoms with Crippen molar-refractivity contribution in [3.05, 3.63) is 41.2 Å². The molecule has 3 rings (SSSR count). The molecular formula is C19H26O4. The maximum Gasteiger partial charge on any atom is 0.150 e. The molecule has 0 bridgehead atoms. The topological polar surface area (TPSA) is 36.9 Å². The van der Waals surface area contributed by atoms with Crippen LogP contribution in [-0.2, 0) is 25.4 Å². The summed E-state index contributed by atoms with van der Waals surface area (Å²) < 4.78 is 22.9. The van der Waals surface area contributed by atoms with Crippen molar-refractivity contribution in [1.82, 2.24) is 0 Å². The fraction of sp³-hybridized carbons (Fsp3) is 0.579. The Balaban J connectivity index is 1.96. The summed E-state index contributed by atoms with van der Waals surface area (Å²) in [5.41, 5.74) is 4.07. The quantitative estimate of drug-likeness (QED) is 0.854. The van der Waals surface area contributed by atoms with Gasteiger partial charge in [-0.2, -0.15) is 0 Å². The number of benzene rings is 1. The van der Waals surface area contributed by atoms with Crippen LogP contribution in [0.1, 0.15) is 30.4 Å². The van der Waals surface area contributed by atoms with Crippen molar-refractivity contribution in [1.29, 1.82) is 0 Å². The summed E-state index contributed by atoms with van der Waals surface area (Å²) in [6, 6.07) is 8.64. The minimum absolute atomic E-state index is 0.00881. The predicted octanol–water partition coefficient (Wildman–Crippen LogP) is 3.20. The molecule has 3 atom stereocenters. The van der Waals surface area contributed by atoms with Crippen molar-refractivity contribution in [2.75, 3.05) is 27.9 Å². The molecule has 4 nitrogen and oxygen atoms in total. The minimum atomic E-state index is -0.139. The van der Waals surface area contributed by atoms with Crippen LogP contribution in [0.4, 0.5) is 0 Å². The van der Waals surface area contributed by atoms with Gasteiger partial charge in [-0.15, -0.1) is 0 Å². The Morgan fingerprint density at radius 3 is 2.65 bits per heavy atom. The standard InChI is InChI=1S/C19H26O4/c1-20-12-18-19(22-3)17(21-2)11-16(23-18)15-10-6-8-13-7-4-5-9-14(13)15/h4-5,7,9,17-19H,6,8,10-12H2,1-3H3/b16-15+/t17-,18-,19+/m1/s1. The van der Waals surface area contributed by atoms with Crippen molar-refractivity contribution in [3.63, 3.8) is 0 Å². The maximum absolute atomic E-state index is 6.31. The summed E-state index contributed by atoms with van der Waals surface area (Å²) in [4.78, 5) is 0. The smallest absolute Gasteiger partial charge is 0.150 e. The van der Waals surface area contributed by atoms with Gasteiger partial charge >= 0.3 is 0 Å². The number of rotatable bonds is 4. The first kappa shape index (κ1) is 16.5. The van der Waals surface area contributed by atoms with E-state index in [9.17, 15) is 0 Å². The minimum Gasteiger partial charge on any atom is -0.489 e. The average molecular weight is 318 g/mol. The van der Waals surface area contributed by atoms with Crippen LogP contribution in [0.5, 0.6) is 0 Å². The molecule has 1 heterocycles. The molecule has 1 aliphatic carbocycles. The van der Waals surface area contributed by atoms with E-state index in [0.29, 0.717) is 6.61 Å². The number of fused-ring (bicyclic) bond motifs is 1. The van der Waals surface area contributed by atoms with Gasteiger partial charge in [0, 0.05) is 27.8 Å². The van der Waals surface area contributed by atoms with Crippen LogP contribution < -0.4 is 0 Å². The molecular weight excluding hydrogens is 292 g/mol. The Hall–Kier alpha value is -1.36. The Bertz CT molecular complexity index is 566. The van der Waals surface area contributed by atoms with Gasteiger partial charge in [0.25, 0.3) is 0 Å². The Morgan fingerprint density at radius 1 is 1.09 bits per heavy atom. The number of hydrogen-bond acceptors (Lipinski definition) is 4. The second-order valence-electron chi connectivity index (χ2n) is 6.20. The van der Waals surface area contributed by atoms with Gasteiger partial charge in [-0.05, 0) is 36.0 Å². The van der Waals surface area contributed by atoms with E-state index in [0.717, 1.165) is 25.0 Å². The van der Waals surface area contributed by atoms with E-state index < -0.39 is 0 Å². The van der Waals surface area contributed by atoms with Gasteiger partial charge < -0.3 is 18.9 Å². The van der Waals surface area contributed by atoms with Crippen LogP contribution in [0, 0.1) is 0 Å². The van der Waals surface area contributed by atoms with E-state index in [4.69, 9.17) is 18.9 Å². The Morgan fingerprint density at radius 2 is 1.91 bits per heavy atom. The molecule has 2 aliphatic rings. The third-order valence-electron chi connectivity index (χ3n) is 4.87. The van der Waals surface area contributed by atoms with Crippen LogP contribution in [0.2, 0.25) is 0 Å². The summed E-state index contributed by atoms with van der Waals surface area (Å²) in [5.74, 6) is 1.04. The molecule has 0 N–H and O–H groups in total. The molecule has 1 aliphatic heterocycles. The summed E-state index contributed by atoms with van der Waals surface area (Å²) in [7, 11) is 5.13. The number of methoxy groups -OCH3 is 3. The number of ether oxygens (including phenoxy) is 4. The summed E-state index contributed by atoms with van der Waals surface area (Å²) in [5, 5.41) is 0. The third kappa shape index (κ3) is 3.30. The highest BCUT2D eigenvalue weighted by Gasteiger charge is 2.39. The molecule has 1 saturated heterocycles. The molecule has 0 aromatic heterocycles. The molecule has 0 radical (unpaired) electrons. The van der Waals surface area contributed by atoms with Crippen LogP contribution in [-0.4, -0.2) is 46.2 Å². The molecule has 1 aromatic carbocycles. The first-order valence-corrected chi connectivity index (χ1v) is 8.30. The second-order valence-corrected chi connectivity index (χ2v) is 6.20. The second kappa shape index (κ2) is 7.47. The van der Waals surface area contributed by atoms with Crippen molar-refractivity contribution in [2.24, 2.45) is 0 Å². The third-order valence-corrected chi connectivity index (χ3v) is 4.87. The zero-order valence-electron chi connectivity index (χ0n) is 14.2. The van der Waals surface area contributed by atoms with Crippen LogP contribution in [0.3, 0.4) is 0 Å². The highest BCUT2D eigenvalue weighted by molar-refractivity contribution is 5.71. The van der Waals surface area contributed by atoms with Crippen molar-refractivity contribution >= 4 is 5.57 Å². The summed E-state index contributed by atoms with van der Waals surface area (Å²) in [6.45, 7) is 0.497. The molecule has 0 unspecified atom stereocenters. The van der Waals surface area contributed by atoms with E-state index in [1.54, 1.807) is 21.3 Å². The molecule has 0 amide bonds. The normalized spacial score (nSPS) is 30.7. The van der Waals surface area contributed by atoms with Gasteiger partial charge in [0.05, 0.1) is 12.7 Å². The fourth-order valence-electron chi connectivity index (χ4n) is 3.76. The monoisotopic (exact) mass is 318 g/mol. The lowest BCUT2D eigenvalue weighted by Gasteiger charge is -2.39. The van der Waals surface area contributed by atoms with E-state index in [1.165, 1.54) is 23.1 Å². The lowest BCUT2D eigenvalue weighted by atomic mass is 9.85. The predicted molar refractivity (Wildman–Crippen MR) is 89.3 cm³/mol. The zero-order valence-corrected chi connectivity index (χ0v) is 14.2. The van der Waals surface area contributed by atoms with Crippen molar-refractivity contribution in [3.8, 4) is 0 Å². The van der Waals surface area contributed by atoms with Crippen molar-refractivity contribution < 1.29 is 18.9 Å². The Kier molecular flexibility index (Phi) is 5.36. The van der Waals surface area contributed by atoms with Gasteiger partial charge in [0.1, 0.15) is 18.0 Å². The lowest BCUT2D eigenvalue weighted by molar-refractivity contribution is -0.148. The van der Waals surface area contributed by atoms with Crippen LogP contribution in [0.25, 0.3) is 5.57 Å². The number of aryl methyl sites for hydroxylation is 1. The van der Waals surface area contributed by atoms with Gasteiger partial charge in [-0.1, -0.05) is 24.3 Å². The lowest BCUT2D eigenvalue weighted by Crippen LogP contribution is -2.48. The molecule has 126 valence electrons. The van der Waals surface area contributed by atoms with E-state index in [2.05, 4.69) is 24.3 Å². The Labute approximate surface area is 138 Å². The van der Waals surface area contributed by atoms with Crippen LogP contribution in [0.15, 0.2) is 30.0 Å². The zero-order chi connectivity index (χ0) is 16.2. The molecule has 4 heteroatoms. The highest BCUT2D eigenvalue weighted by atomic mass is 16.6. The molecule has 23 heavy (non-hydrogen) atoms. The fourth-order valence-corrected chi connectivity index (χ4v) is 3.76. The molecule has 0 saturated carbocycles. The average Bonchev–Trinajstić information content (AvgIpc) is 2.60. The highest BCUT2D eigenvalue weighted by Crippen LogP contribution is 2.38. The van der Waals surface area contributed by atoms with Gasteiger partial charge in [0.2, 0.25) is 0 Å². The molecule has 1 aromatic rings. The molecule has 0 spiro atoms.